The molecule has 48 heavy (non-hydrogen) atoms. The zero-order chi connectivity index (χ0) is 34.0. The van der Waals surface area contributed by atoms with Crippen molar-refractivity contribution in [2.75, 3.05) is 31.6 Å². The molecule has 7 rings (SSSR count). The van der Waals surface area contributed by atoms with E-state index in [4.69, 9.17) is 9.72 Å². The quantitative estimate of drug-likeness (QED) is 0.284. The Morgan fingerprint density at radius 2 is 1.81 bits per heavy atom. The summed E-state index contributed by atoms with van der Waals surface area (Å²) in [5.74, 6) is 1.82. The lowest BCUT2D eigenvalue weighted by Crippen LogP contribution is -2.53. The van der Waals surface area contributed by atoms with E-state index in [1.165, 1.54) is 11.0 Å². The van der Waals surface area contributed by atoms with Gasteiger partial charge in [0.05, 0.1) is 17.5 Å². The maximum absolute atomic E-state index is 14.7. The normalized spacial score (nSPS) is 25.6. The first kappa shape index (κ1) is 33.0. The number of benzene rings is 1. The van der Waals surface area contributed by atoms with Gasteiger partial charge in [-0.25, -0.2) is 0 Å². The van der Waals surface area contributed by atoms with Crippen molar-refractivity contribution in [3.8, 4) is 5.88 Å². The Balaban J connectivity index is 1.27. The van der Waals surface area contributed by atoms with Crippen molar-refractivity contribution in [1.29, 1.82) is 0 Å². The van der Waals surface area contributed by atoms with Gasteiger partial charge < -0.3 is 14.2 Å². The summed E-state index contributed by atoms with van der Waals surface area (Å²) in [5.41, 5.74) is 0.281. The summed E-state index contributed by atoms with van der Waals surface area (Å²) in [6.07, 6.45) is 2.73. The van der Waals surface area contributed by atoms with Gasteiger partial charge in [0.15, 0.2) is 0 Å². The minimum Gasteiger partial charge on any atom is -0.474 e. The van der Waals surface area contributed by atoms with Gasteiger partial charge >= 0.3 is 6.18 Å². The fourth-order valence-corrected chi connectivity index (χ4v) is 8.59. The number of nitrogens with zero attached hydrogens (tertiary/aromatic N) is 7. The number of fused-ring (bicyclic) bond motifs is 1. The van der Waals surface area contributed by atoms with Crippen LogP contribution in [-0.4, -0.2) is 74.3 Å². The van der Waals surface area contributed by atoms with E-state index in [0.717, 1.165) is 69.5 Å². The molecule has 3 fully saturated rings. The van der Waals surface area contributed by atoms with E-state index in [-0.39, 0.29) is 29.8 Å². The van der Waals surface area contributed by atoms with Crippen molar-refractivity contribution in [3.63, 3.8) is 0 Å². The van der Waals surface area contributed by atoms with Crippen LogP contribution in [0.15, 0.2) is 30.6 Å². The second-order valence-electron chi connectivity index (χ2n) is 15.0. The highest BCUT2D eigenvalue weighted by atomic mass is 19.4. The van der Waals surface area contributed by atoms with Gasteiger partial charge in [0.25, 0.3) is 5.91 Å². The highest BCUT2D eigenvalue weighted by molar-refractivity contribution is 6.10. The third kappa shape index (κ3) is 5.99. The third-order valence-corrected chi connectivity index (χ3v) is 11.0. The zero-order valence-electron chi connectivity index (χ0n) is 28.6. The number of hydrogen-bond acceptors (Lipinski definition) is 7. The summed E-state index contributed by atoms with van der Waals surface area (Å²) in [4.78, 5) is 24.9. The van der Waals surface area contributed by atoms with Crippen molar-refractivity contribution in [2.45, 2.75) is 96.1 Å². The first-order valence-electron chi connectivity index (χ1n) is 17.3. The molecule has 0 radical (unpaired) electrons. The maximum atomic E-state index is 14.7. The molecule has 1 amide bonds. The number of amides is 1. The molecule has 1 saturated heterocycles. The Morgan fingerprint density at radius 1 is 1.06 bits per heavy atom. The van der Waals surface area contributed by atoms with Crippen molar-refractivity contribution >= 4 is 11.7 Å². The zero-order valence-corrected chi connectivity index (χ0v) is 28.6. The minimum atomic E-state index is -4.61. The van der Waals surface area contributed by atoms with Crippen LogP contribution in [0.25, 0.3) is 0 Å². The Kier molecular flexibility index (Phi) is 8.55. The van der Waals surface area contributed by atoms with Crippen LogP contribution < -0.4 is 9.64 Å². The smallest absolute Gasteiger partial charge is 0.416 e. The van der Waals surface area contributed by atoms with Gasteiger partial charge in [-0.15, -0.1) is 10.2 Å². The fraction of sp³-hybridized carbons (Fsp3) is 0.611. The summed E-state index contributed by atoms with van der Waals surface area (Å²) in [6, 6.07) is 6.94. The Hall–Kier alpha value is -3.51. The molecule has 0 unspecified atom stereocenters. The van der Waals surface area contributed by atoms with Crippen molar-refractivity contribution in [1.82, 2.24) is 29.5 Å². The molecule has 2 saturated carbocycles. The molecule has 0 spiro atoms. The van der Waals surface area contributed by atoms with Gasteiger partial charge in [0, 0.05) is 50.9 Å². The Labute approximate surface area is 280 Å². The molecular weight excluding hydrogens is 619 g/mol. The number of likely N-dealkylation sites (N-methyl/N-ethyl adjacent to an activating group) is 1. The van der Waals surface area contributed by atoms with Crippen LogP contribution in [0.3, 0.4) is 0 Å². The maximum Gasteiger partial charge on any atom is 0.416 e. The number of piperazine rings is 1. The van der Waals surface area contributed by atoms with Crippen LogP contribution in [0.2, 0.25) is 0 Å². The number of hydrogen-bond donors (Lipinski definition) is 0. The first-order chi connectivity index (χ1) is 22.8. The highest BCUT2D eigenvalue weighted by Gasteiger charge is 2.49. The van der Waals surface area contributed by atoms with Gasteiger partial charge in [0.1, 0.15) is 24.1 Å². The van der Waals surface area contributed by atoms with Gasteiger partial charge in [-0.2, -0.15) is 18.2 Å². The lowest BCUT2D eigenvalue weighted by atomic mass is 9.58. The first-order valence-corrected chi connectivity index (χ1v) is 17.3. The molecule has 0 bridgehead atoms. The van der Waals surface area contributed by atoms with Crippen LogP contribution >= 0.6 is 0 Å². The lowest BCUT2D eigenvalue weighted by Gasteiger charge is -2.46. The third-order valence-electron chi connectivity index (χ3n) is 11.0. The van der Waals surface area contributed by atoms with E-state index < -0.39 is 23.1 Å². The average Bonchev–Trinajstić information content (AvgIpc) is 3.76. The Morgan fingerprint density at radius 3 is 2.46 bits per heavy atom. The minimum absolute atomic E-state index is 0.000724. The van der Waals surface area contributed by atoms with Gasteiger partial charge in [0.2, 0.25) is 5.88 Å². The second-order valence-corrected chi connectivity index (χ2v) is 15.0. The van der Waals surface area contributed by atoms with Gasteiger partial charge in [-0.3, -0.25) is 14.6 Å². The molecule has 0 N–H and O–H groups in total. The number of pyridine rings is 1. The van der Waals surface area contributed by atoms with E-state index >= 15 is 0 Å². The lowest BCUT2D eigenvalue weighted by molar-refractivity contribution is -0.138. The summed E-state index contributed by atoms with van der Waals surface area (Å²) in [6.45, 7) is 9.07. The number of alkyl halides is 3. The standard InChI is InChI=1S/C36H46F3N7O2/c1-22(2)30-20-43(4)10-11-45(30)18-24-12-27-28(29(13-24)36(37,38)39)19-46(33(27)47)31-14-25(15-32(41-31)48-26-8-6-7-9-26)35(16-23(3)17-35)34-42-40-21-44(34)5/h12-15,21-23,26,30H,6-11,16-20H2,1-5H3/t23?,30-,35?/m1/s1. The van der Waals surface area contributed by atoms with Crippen LogP contribution in [0.1, 0.15) is 97.7 Å². The number of anilines is 1. The van der Waals surface area contributed by atoms with E-state index in [1.807, 2.05) is 23.7 Å². The monoisotopic (exact) mass is 665 g/mol. The van der Waals surface area contributed by atoms with Crippen molar-refractivity contribution in [3.05, 3.63) is 64.2 Å². The molecule has 12 heteroatoms. The average molecular weight is 666 g/mol. The molecule has 3 aromatic rings. The molecule has 4 heterocycles. The number of aryl methyl sites for hydroxylation is 1. The molecule has 1 atom stereocenters. The summed E-state index contributed by atoms with van der Waals surface area (Å²) in [5, 5.41) is 8.64. The molecule has 2 aliphatic heterocycles. The van der Waals surface area contributed by atoms with Gasteiger partial charge in [-0.05, 0) is 92.3 Å². The number of aromatic nitrogens is 4. The number of halogens is 3. The van der Waals surface area contributed by atoms with Crippen LogP contribution in [-0.2, 0) is 31.7 Å². The van der Waals surface area contributed by atoms with E-state index in [2.05, 4.69) is 47.8 Å². The summed E-state index contributed by atoms with van der Waals surface area (Å²) in [7, 11) is 3.99. The second kappa shape index (κ2) is 12.4. The molecule has 2 aliphatic carbocycles. The van der Waals surface area contributed by atoms with E-state index in [9.17, 15) is 18.0 Å². The molecule has 2 aromatic heterocycles. The van der Waals surface area contributed by atoms with Crippen molar-refractivity contribution < 1.29 is 22.7 Å². The van der Waals surface area contributed by atoms with Crippen LogP contribution in [0.4, 0.5) is 19.0 Å². The molecule has 258 valence electrons. The van der Waals surface area contributed by atoms with E-state index in [0.29, 0.717) is 35.6 Å². The molecule has 9 nitrogen and oxygen atoms in total. The number of carbonyl (C=O) groups is 1. The van der Waals surface area contributed by atoms with Crippen LogP contribution in [0, 0.1) is 11.8 Å². The SMILES string of the molecule is CC1CC(c2cc(OC3CCCC3)nc(N3Cc4c(cc(CN5CCN(C)C[C@@H]5C(C)C)cc4C(F)(F)F)C3=O)c2)(c2nncn2C)C1. The van der Waals surface area contributed by atoms with Crippen LogP contribution in [0.5, 0.6) is 5.88 Å². The highest BCUT2D eigenvalue weighted by Crippen LogP contribution is 2.53. The van der Waals surface area contributed by atoms with Gasteiger partial charge in [-0.1, -0.05) is 20.8 Å². The number of carbonyl (C=O) groups excluding carboxylic acids is 1. The topological polar surface area (TPSA) is 79.6 Å². The summed E-state index contributed by atoms with van der Waals surface area (Å²) < 4.78 is 52.5. The molecule has 1 aromatic carbocycles. The number of ether oxygens (including phenoxy) is 1. The molecule has 4 aliphatic rings. The van der Waals surface area contributed by atoms with Crippen molar-refractivity contribution in [2.24, 2.45) is 18.9 Å². The molecular formula is C36H46F3N7O2. The largest absolute Gasteiger partial charge is 0.474 e. The fourth-order valence-electron chi connectivity index (χ4n) is 8.59. The predicted molar refractivity (Wildman–Crippen MR) is 176 cm³/mol. The number of rotatable bonds is 8. The van der Waals surface area contributed by atoms with E-state index in [1.54, 1.807) is 12.4 Å². The predicted octanol–water partition coefficient (Wildman–Crippen LogP) is 6.20. The Bertz CT molecular complexity index is 1680. The summed E-state index contributed by atoms with van der Waals surface area (Å²) >= 11 is 0.